The molecule has 1 amide bonds. The van der Waals surface area contributed by atoms with Gasteiger partial charge in [-0.1, -0.05) is 48.5 Å². The highest BCUT2D eigenvalue weighted by Gasteiger charge is 2.19. The van der Waals surface area contributed by atoms with Crippen LogP contribution in [0.2, 0.25) is 0 Å². The number of ether oxygens (including phenoxy) is 2. The predicted octanol–water partition coefficient (Wildman–Crippen LogP) is 5.00. The number of carboxylic acids is 1. The van der Waals surface area contributed by atoms with Crippen LogP contribution in [0.1, 0.15) is 16.7 Å². The maximum atomic E-state index is 13.9. The van der Waals surface area contributed by atoms with E-state index in [-0.39, 0.29) is 18.8 Å². The molecule has 0 fully saturated rings. The summed E-state index contributed by atoms with van der Waals surface area (Å²) in [6, 6.07) is 17.7. The Morgan fingerprint density at radius 3 is 2.50 bits per heavy atom. The van der Waals surface area contributed by atoms with E-state index < -0.39 is 17.9 Å². The number of methoxy groups -OCH3 is 1. The molecule has 1 atom stereocenters. The van der Waals surface area contributed by atoms with Crippen LogP contribution in [0.3, 0.4) is 0 Å². The van der Waals surface area contributed by atoms with Gasteiger partial charge in [0.1, 0.15) is 18.5 Å². The summed E-state index contributed by atoms with van der Waals surface area (Å²) in [7, 11) is 1.47. The highest BCUT2D eigenvalue weighted by atomic mass is 79.9. The van der Waals surface area contributed by atoms with Crippen molar-refractivity contribution in [1.29, 1.82) is 0 Å². The van der Waals surface area contributed by atoms with Gasteiger partial charge in [0.2, 0.25) is 5.91 Å². The minimum absolute atomic E-state index is 0.0111. The Labute approximate surface area is 205 Å². The molecule has 3 aromatic carbocycles. The van der Waals surface area contributed by atoms with Crippen molar-refractivity contribution in [2.45, 2.75) is 19.1 Å². The molecule has 0 aliphatic rings. The molecule has 3 aromatic rings. The quantitative estimate of drug-likeness (QED) is 0.362. The van der Waals surface area contributed by atoms with E-state index >= 15 is 0 Å². The molecular formula is C26H23BrFNO5. The Morgan fingerprint density at radius 2 is 1.82 bits per heavy atom. The molecular weight excluding hydrogens is 505 g/mol. The number of carbonyl (C=O) groups is 2. The molecule has 176 valence electrons. The van der Waals surface area contributed by atoms with Gasteiger partial charge in [-0.15, -0.1) is 0 Å². The van der Waals surface area contributed by atoms with Crippen LogP contribution in [0.15, 0.2) is 77.3 Å². The lowest BCUT2D eigenvalue weighted by Gasteiger charge is -2.14. The molecule has 0 aromatic heterocycles. The van der Waals surface area contributed by atoms with Crippen molar-refractivity contribution in [3.05, 3.63) is 99.8 Å². The van der Waals surface area contributed by atoms with E-state index in [1.54, 1.807) is 42.5 Å². The molecule has 3 rings (SSSR count). The van der Waals surface area contributed by atoms with E-state index in [2.05, 4.69) is 21.2 Å². The number of hydrogen-bond acceptors (Lipinski definition) is 4. The van der Waals surface area contributed by atoms with Gasteiger partial charge < -0.3 is 19.9 Å². The van der Waals surface area contributed by atoms with Gasteiger partial charge in [-0.05, 0) is 51.3 Å². The van der Waals surface area contributed by atoms with Gasteiger partial charge in [0, 0.05) is 18.1 Å². The van der Waals surface area contributed by atoms with Gasteiger partial charge in [0.05, 0.1) is 11.6 Å². The van der Waals surface area contributed by atoms with Crippen molar-refractivity contribution in [3.63, 3.8) is 0 Å². The highest BCUT2D eigenvalue weighted by molar-refractivity contribution is 9.10. The van der Waals surface area contributed by atoms with E-state index in [0.29, 0.717) is 27.1 Å². The molecule has 0 aliphatic heterocycles. The third kappa shape index (κ3) is 6.92. The number of hydrogen-bond donors (Lipinski definition) is 2. The largest absolute Gasteiger partial charge is 0.493 e. The second-order valence-electron chi connectivity index (χ2n) is 7.34. The summed E-state index contributed by atoms with van der Waals surface area (Å²) in [5, 5.41) is 12.0. The Balaban J connectivity index is 1.68. The predicted molar refractivity (Wildman–Crippen MR) is 130 cm³/mol. The molecule has 0 spiro atoms. The Morgan fingerprint density at radius 1 is 1.12 bits per heavy atom. The summed E-state index contributed by atoms with van der Waals surface area (Å²) in [4.78, 5) is 23.9. The van der Waals surface area contributed by atoms with Crippen LogP contribution in [0.25, 0.3) is 6.08 Å². The molecule has 0 aliphatic carbocycles. The summed E-state index contributed by atoms with van der Waals surface area (Å²) in [6.07, 6.45) is 2.95. The molecule has 0 unspecified atom stereocenters. The molecule has 0 heterocycles. The average molecular weight is 528 g/mol. The van der Waals surface area contributed by atoms with Crippen molar-refractivity contribution in [2.75, 3.05) is 7.11 Å². The summed E-state index contributed by atoms with van der Waals surface area (Å²) < 4.78 is 25.6. The fourth-order valence-electron chi connectivity index (χ4n) is 3.18. The second kappa shape index (κ2) is 12.0. The first kappa shape index (κ1) is 25.0. The molecule has 0 saturated carbocycles. The van der Waals surface area contributed by atoms with Crippen LogP contribution in [0, 0.1) is 5.82 Å². The number of nitrogens with one attached hydrogen (secondary N) is 1. The smallest absolute Gasteiger partial charge is 0.326 e. The van der Waals surface area contributed by atoms with Crippen LogP contribution in [-0.4, -0.2) is 30.1 Å². The normalized spacial score (nSPS) is 11.7. The molecule has 0 radical (unpaired) electrons. The minimum atomic E-state index is -1.12. The SMILES string of the molecule is COc1cc(/C=C/C(=O)N[C@@H](Cc2ccccc2)C(=O)O)cc(Br)c1OCc1ccccc1F. The van der Waals surface area contributed by atoms with E-state index in [0.717, 1.165) is 5.56 Å². The van der Waals surface area contributed by atoms with E-state index in [4.69, 9.17) is 9.47 Å². The lowest BCUT2D eigenvalue weighted by molar-refractivity contribution is -0.141. The van der Waals surface area contributed by atoms with Crippen molar-refractivity contribution in [2.24, 2.45) is 0 Å². The second-order valence-corrected chi connectivity index (χ2v) is 8.19. The van der Waals surface area contributed by atoms with Crippen LogP contribution in [-0.2, 0) is 22.6 Å². The molecule has 6 nitrogen and oxygen atoms in total. The van der Waals surface area contributed by atoms with Crippen molar-refractivity contribution in [3.8, 4) is 11.5 Å². The zero-order valence-electron chi connectivity index (χ0n) is 18.3. The maximum Gasteiger partial charge on any atom is 0.326 e. The minimum Gasteiger partial charge on any atom is -0.493 e. The van der Waals surface area contributed by atoms with Crippen LogP contribution in [0.5, 0.6) is 11.5 Å². The van der Waals surface area contributed by atoms with Gasteiger partial charge in [-0.25, -0.2) is 9.18 Å². The molecule has 2 N–H and O–H groups in total. The lowest BCUT2D eigenvalue weighted by Crippen LogP contribution is -2.41. The summed E-state index contributed by atoms with van der Waals surface area (Å²) in [5.74, 6) is -1.25. The first-order valence-electron chi connectivity index (χ1n) is 10.4. The number of benzene rings is 3. The maximum absolute atomic E-state index is 13.9. The molecule has 8 heteroatoms. The van der Waals surface area contributed by atoms with E-state index in [1.807, 2.05) is 18.2 Å². The number of carboxylic acid groups (broad SMARTS) is 1. The van der Waals surface area contributed by atoms with E-state index in [9.17, 15) is 19.1 Å². The highest BCUT2D eigenvalue weighted by Crippen LogP contribution is 2.37. The van der Waals surface area contributed by atoms with Gasteiger partial charge in [0.15, 0.2) is 11.5 Å². The van der Waals surface area contributed by atoms with Crippen LogP contribution >= 0.6 is 15.9 Å². The fourth-order valence-corrected chi connectivity index (χ4v) is 3.76. The Kier molecular flexibility index (Phi) is 8.81. The number of carbonyl (C=O) groups excluding carboxylic acids is 1. The van der Waals surface area contributed by atoms with Gasteiger partial charge >= 0.3 is 5.97 Å². The topological polar surface area (TPSA) is 84.9 Å². The average Bonchev–Trinajstić information content (AvgIpc) is 2.83. The lowest BCUT2D eigenvalue weighted by atomic mass is 10.1. The zero-order chi connectivity index (χ0) is 24.5. The monoisotopic (exact) mass is 527 g/mol. The number of rotatable bonds is 10. The number of halogens is 2. The number of amides is 1. The first-order chi connectivity index (χ1) is 16.4. The first-order valence-corrected chi connectivity index (χ1v) is 11.2. The summed E-state index contributed by atoms with van der Waals surface area (Å²) in [5.41, 5.74) is 1.83. The third-order valence-electron chi connectivity index (χ3n) is 4.91. The molecule has 0 bridgehead atoms. The number of aliphatic carboxylic acids is 1. The standard InChI is InChI=1S/C26H23BrFNO5/c1-33-23-15-18(13-20(27)25(23)34-16-19-9-5-6-10-21(19)28)11-12-24(30)29-22(26(31)32)14-17-7-3-2-4-8-17/h2-13,15,22H,14,16H2,1H3,(H,29,30)(H,31,32)/b12-11+/t22-/m0/s1. The van der Waals surface area contributed by atoms with Crippen LogP contribution < -0.4 is 14.8 Å². The Hall–Kier alpha value is -3.65. The van der Waals surface area contributed by atoms with Crippen molar-refractivity contribution in [1.82, 2.24) is 5.32 Å². The Bertz CT molecular complexity index is 1180. The molecule has 34 heavy (non-hydrogen) atoms. The van der Waals surface area contributed by atoms with Crippen molar-refractivity contribution < 1.29 is 28.6 Å². The summed E-state index contributed by atoms with van der Waals surface area (Å²) >= 11 is 3.42. The zero-order valence-corrected chi connectivity index (χ0v) is 19.9. The van der Waals surface area contributed by atoms with Crippen molar-refractivity contribution >= 4 is 33.9 Å². The summed E-state index contributed by atoms with van der Waals surface area (Å²) in [6.45, 7) is 0.0111. The fraction of sp³-hybridized carbons (Fsp3) is 0.154. The van der Waals surface area contributed by atoms with Gasteiger partial charge in [-0.3, -0.25) is 4.79 Å². The van der Waals surface area contributed by atoms with E-state index in [1.165, 1.54) is 25.3 Å². The van der Waals surface area contributed by atoms with Gasteiger partial charge in [-0.2, -0.15) is 0 Å². The third-order valence-corrected chi connectivity index (χ3v) is 5.50. The molecule has 0 saturated heterocycles. The van der Waals surface area contributed by atoms with Gasteiger partial charge in [0.25, 0.3) is 0 Å². The van der Waals surface area contributed by atoms with Crippen LogP contribution in [0.4, 0.5) is 4.39 Å².